The summed E-state index contributed by atoms with van der Waals surface area (Å²) < 4.78 is 0. The fraction of sp³-hybridized carbons (Fsp3) is 0.727. The van der Waals surface area contributed by atoms with Crippen LogP contribution in [0.2, 0.25) is 0 Å². The molecule has 0 aliphatic heterocycles. The molecule has 1 heterocycles. The first-order chi connectivity index (χ1) is 24.2. The maximum absolute atomic E-state index is 12.0. The second-order valence-corrected chi connectivity index (χ2v) is 14.1. The van der Waals surface area contributed by atoms with Gasteiger partial charge in [0.05, 0.1) is 6.33 Å². The van der Waals surface area contributed by atoms with Gasteiger partial charge in [-0.05, 0) is 83.7 Å². The molecule has 1 atom stereocenters. The molecule has 280 valence electrons. The highest BCUT2D eigenvalue weighted by molar-refractivity contribution is 5.73. The van der Waals surface area contributed by atoms with Crippen molar-refractivity contribution in [3.63, 3.8) is 0 Å². The zero-order valence-electron chi connectivity index (χ0n) is 32.5. The molecule has 1 amide bonds. The average molecular weight is 679 g/mol. The van der Waals surface area contributed by atoms with Crippen molar-refractivity contribution in [1.82, 2.24) is 20.2 Å². The molecule has 1 rings (SSSR count). The Balaban J connectivity index is 2.28. The highest BCUT2D eigenvalue weighted by Crippen LogP contribution is 2.13. The minimum Gasteiger partial charge on any atom is -0.352 e. The van der Waals surface area contributed by atoms with E-state index < -0.39 is 0 Å². The molecule has 0 saturated carbocycles. The zero-order chi connectivity index (χ0) is 35.3. The smallest absolute Gasteiger partial charge is 0.217 e. The van der Waals surface area contributed by atoms with Crippen molar-refractivity contribution in [1.29, 1.82) is 0 Å². The van der Waals surface area contributed by atoms with E-state index in [0.717, 1.165) is 44.6 Å². The summed E-state index contributed by atoms with van der Waals surface area (Å²) in [5.74, 6) is 0.0479. The van der Waals surface area contributed by atoms with Gasteiger partial charge in [0.25, 0.3) is 0 Å². The Labute approximate surface area is 304 Å². The second-order valence-electron chi connectivity index (χ2n) is 14.1. The molecular formula is C44H78N4O. The summed E-state index contributed by atoms with van der Waals surface area (Å²) in [6, 6.07) is 0.103. The number of nitrogens with zero attached hydrogens (tertiary/aromatic N) is 2. The topological polar surface area (TPSA) is 61.0 Å². The summed E-state index contributed by atoms with van der Waals surface area (Å²) in [6.07, 6.45) is 53.9. The third kappa shape index (κ3) is 31.3. The monoisotopic (exact) mass is 679 g/mol. The van der Waals surface area contributed by atoms with Crippen LogP contribution in [0.4, 0.5) is 0 Å². The van der Waals surface area contributed by atoms with Crippen LogP contribution in [0.25, 0.3) is 0 Å². The van der Waals surface area contributed by atoms with Crippen LogP contribution in [0.5, 0.6) is 0 Å². The second kappa shape index (κ2) is 35.4. The van der Waals surface area contributed by atoms with Crippen molar-refractivity contribution in [2.45, 2.75) is 187 Å². The van der Waals surface area contributed by atoms with Crippen LogP contribution < -0.4 is 5.32 Å². The number of hydrogen-bond donors (Lipinski definition) is 2. The van der Waals surface area contributed by atoms with Gasteiger partial charge in [-0.15, -0.1) is 0 Å². The predicted octanol–water partition coefficient (Wildman–Crippen LogP) is 12.4. The van der Waals surface area contributed by atoms with Gasteiger partial charge in [0.1, 0.15) is 0 Å². The number of imidazole rings is 1. The third-order valence-electron chi connectivity index (χ3n) is 9.26. The van der Waals surface area contributed by atoms with Gasteiger partial charge >= 0.3 is 0 Å². The number of carbonyl (C=O) groups excluding carboxylic acids is 1. The van der Waals surface area contributed by atoms with Crippen molar-refractivity contribution >= 4 is 5.91 Å². The molecule has 1 unspecified atom stereocenters. The fourth-order valence-corrected chi connectivity index (χ4v) is 6.35. The lowest BCUT2D eigenvalue weighted by Gasteiger charge is -2.28. The van der Waals surface area contributed by atoms with E-state index in [1.165, 1.54) is 141 Å². The van der Waals surface area contributed by atoms with Gasteiger partial charge in [-0.1, -0.05) is 146 Å². The SMILES string of the molecule is CCCC/C=C\C/C=C\CCCCCCCCCN(CCCCCCC/C=C\C/C=C\CCCCCC)CC(Cc1cnc[nH]1)NC(C)=O. The van der Waals surface area contributed by atoms with Gasteiger partial charge in [-0.25, -0.2) is 4.98 Å². The Hall–Kier alpha value is -2.40. The summed E-state index contributed by atoms with van der Waals surface area (Å²) in [7, 11) is 0. The quantitative estimate of drug-likeness (QED) is 0.0555. The van der Waals surface area contributed by atoms with Crippen molar-refractivity contribution in [2.24, 2.45) is 0 Å². The van der Waals surface area contributed by atoms with Crippen molar-refractivity contribution in [3.8, 4) is 0 Å². The Kier molecular flexibility index (Phi) is 32.3. The van der Waals surface area contributed by atoms with Gasteiger partial charge in [0, 0.05) is 37.8 Å². The third-order valence-corrected chi connectivity index (χ3v) is 9.26. The lowest BCUT2D eigenvalue weighted by Crippen LogP contribution is -2.45. The molecule has 1 aromatic heterocycles. The van der Waals surface area contributed by atoms with Gasteiger partial charge in [0.15, 0.2) is 0 Å². The highest BCUT2D eigenvalue weighted by Gasteiger charge is 2.16. The van der Waals surface area contributed by atoms with Crippen LogP contribution in [0.3, 0.4) is 0 Å². The van der Waals surface area contributed by atoms with Crippen LogP contribution in [0.15, 0.2) is 61.1 Å². The lowest BCUT2D eigenvalue weighted by molar-refractivity contribution is -0.119. The Morgan fingerprint density at radius 2 is 1.10 bits per heavy atom. The normalized spacial score (nSPS) is 12.9. The standard InChI is InChI=1S/C44H78N4O/c1-4-6-8-10-12-14-16-18-20-22-24-26-28-30-32-34-36-48(40-44(47-42(3)49)38-43-39-45-41-46-43)37-35-33-31-29-27-25-23-21-19-17-15-13-11-9-7-5-2/h10,12,15-18,21,23,39,41,44H,4-9,11,13-14,19-20,22,24-38,40H2,1-3H3,(H,45,46)(H,47,49)/b12-10-,17-15-,18-16-,23-21-. The molecule has 0 aromatic carbocycles. The van der Waals surface area contributed by atoms with Crippen LogP contribution in [-0.4, -0.2) is 46.5 Å². The minimum absolute atomic E-state index is 0.0479. The van der Waals surface area contributed by atoms with Gasteiger partial charge in [-0.3, -0.25) is 4.79 Å². The molecule has 0 fully saturated rings. The first kappa shape index (κ1) is 44.6. The van der Waals surface area contributed by atoms with Crippen molar-refractivity contribution in [3.05, 3.63) is 66.8 Å². The molecule has 5 heteroatoms. The largest absolute Gasteiger partial charge is 0.352 e. The Morgan fingerprint density at radius 1 is 0.653 bits per heavy atom. The number of allylic oxidation sites excluding steroid dienone is 8. The van der Waals surface area contributed by atoms with Crippen LogP contribution in [0.1, 0.15) is 181 Å². The fourth-order valence-electron chi connectivity index (χ4n) is 6.35. The molecule has 49 heavy (non-hydrogen) atoms. The number of aromatic nitrogens is 2. The number of rotatable bonds is 35. The maximum atomic E-state index is 12.0. The van der Waals surface area contributed by atoms with Gasteiger partial charge < -0.3 is 15.2 Å². The summed E-state index contributed by atoms with van der Waals surface area (Å²) in [6.45, 7) is 9.29. The first-order valence-corrected chi connectivity index (χ1v) is 20.7. The van der Waals surface area contributed by atoms with Crippen molar-refractivity contribution in [2.75, 3.05) is 19.6 Å². The van der Waals surface area contributed by atoms with E-state index in [-0.39, 0.29) is 11.9 Å². The molecule has 0 bridgehead atoms. The molecule has 1 aromatic rings. The Morgan fingerprint density at radius 3 is 1.55 bits per heavy atom. The maximum Gasteiger partial charge on any atom is 0.217 e. The van der Waals surface area contributed by atoms with Gasteiger partial charge in [0.2, 0.25) is 5.91 Å². The van der Waals surface area contributed by atoms with E-state index in [2.05, 4.69) is 82.6 Å². The summed E-state index contributed by atoms with van der Waals surface area (Å²) in [4.78, 5) is 22.1. The van der Waals surface area contributed by atoms with E-state index >= 15 is 0 Å². The summed E-state index contributed by atoms with van der Waals surface area (Å²) >= 11 is 0. The molecule has 0 aliphatic carbocycles. The Bertz CT molecular complexity index is 948. The molecule has 0 radical (unpaired) electrons. The first-order valence-electron chi connectivity index (χ1n) is 20.7. The van der Waals surface area contributed by atoms with E-state index in [9.17, 15) is 4.79 Å². The van der Waals surface area contributed by atoms with Crippen LogP contribution >= 0.6 is 0 Å². The zero-order valence-corrected chi connectivity index (χ0v) is 32.5. The number of hydrogen-bond acceptors (Lipinski definition) is 3. The van der Waals surface area contributed by atoms with Gasteiger partial charge in [-0.2, -0.15) is 0 Å². The number of carbonyl (C=O) groups is 1. The molecular weight excluding hydrogens is 601 g/mol. The molecule has 0 spiro atoms. The van der Waals surface area contributed by atoms with E-state index in [4.69, 9.17) is 0 Å². The van der Waals surface area contributed by atoms with Crippen molar-refractivity contribution < 1.29 is 4.79 Å². The van der Waals surface area contributed by atoms with E-state index in [0.29, 0.717) is 0 Å². The summed E-state index contributed by atoms with van der Waals surface area (Å²) in [5, 5.41) is 3.21. The average Bonchev–Trinajstić information content (AvgIpc) is 3.60. The van der Waals surface area contributed by atoms with E-state index in [1.807, 2.05) is 6.20 Å². The number of nitrogens with one attached hydrogen (secondary N) is 2. The number of H-pyrrole nitrogens is 1. The van der Waals surface area contributed by atoms with E-state index in [1.54, 1.807) is 13.3 Å². The molecule has 0 saturated heterocycles. The molecule has 2 N–H and O–H groups in total. The molecule has 0 aliphatic rings. The number of aromatic amines is 1. The lowest BCUT2D eigenvalue weighted by atomic mass is 10.1. The van der Waals surface area contributed by atoms with Crippen LogP contribution in [0, 0.1) is 0 Å². The molecule has 5 nitrogen and oxygen atoms in total. The number of amides is 1. The number of unbranched alkanes of at least 4 members (excludes halogenated alkanes) is 18. The highest BCUT2D eigenvalue weighted by atomic mass is 16.1. The minimum atomic E-state index is 0.0479. The summed E-state index contributed by atoms with van der Waals surface area (Å²) in [5.41, 5.74) is 1.08. The van der Waals surface area contributed by atoms with Crippen LogP contribution in [-0.2, 0) is 11.2 Å². The predicted molar refractivity (Wildman–Crippen MR) is 215 cm³/mol.